The predicted octanol–water partition coefficient (Wildman–Crippen LogP) is 1.08. The van der Waals surface area contributed by atoms with E-state index in [1.165, 1.54) is 12.4 Å². The van der Waals surface area contributed by atoms with Crippen LogP contribution in [0.4, 0.5) is 0 Å². The molecule has 7 heteroatoms. The van der Waals surface area contributed by atoms with Gasteiger partial charge in [-0.1, -0.05) is 0 Å². The van der Waals surface area contributed by atoms with E-state index in [-0.39, 0.29) is 11.8 Å². The van der Waals surface area contributed by atoms with Crippen molar-refractivity contribution in [3.63, 3.8) is 0 Å². The molecule has 3 heterocycles. The van der Waals surface area contributed by atoms with Gasteiger partial charge in [0, 0.05) is 56.8 Å². The van der Waals surface area contributed by atoms with Crippen LogP contribution in [0.15, 0.2) is 24.8 Å². The summed E-state index contributed by atoms with van der Waals surface area (Å²) in [7, 11) is 1.67. The molecular formula is C15H19N5O2. The van der Waals surface area contributed by atoms with E-state index in [2.05, 4.69) is 15.1 Å². The predicted molar refractivity (Wildman–Crippen MR) is 79.3 cm³/mol. The van der Waals surface area contributed by atoms with Gasteiger partial charge in [-0.15, -0.1) is 0 Å². The number of carbonyl (C=O) groups is 1. The van der Waals surface area contributed by atoms with Crippen LogP contribution < -0.4 is 0 Å². The number of fused-ring (bicyclic) bond motifs is 1. The maximum Gasteiger partial charge on any atom is 0.274 e. The molecular weight excluding hydrogens is 282 g/mol. The molecule has 1 aliphatic heterocycles. The number of amides is 1. The highest BCUT2D eigenvalue weighted by Gasteiger charge is 2.31. The normalized spacial score (nSPS) is 17.4. The number of rotatable bonds is 4. The Morgan fingerprint density at radius 2 is 2.32 bits per heavy atom. The molecule has 0 saturated carbocycles. The second kappa shape index (κ2) is 6.23. The second-order valence-electron chi connectivity index (χ2n) is 5.32. The molecule has 1 amide bonds. The summed E-state index contributed by atoms with van der Waals surface area (Å²) in [4.78, 5) is 22.4. The van der Waals surface area contributed by atoms with Crippen molar-refractivity contribution < 1.29 is 9.53 Å². The van der Waals surface area contributed by atoms with Gasteiger partial charge in [-0.05, 0) is 6.92 Å². The third kappa shape index (κ3) is 2.71. The van der Waals surface area contributed by atoms with Gasteiger partial charge < -0.3 is 9.64 Å². The molecule has 2 aromatic heterocycles. The fourth-order valence-electron chi connectivity index (χ4n) is 2.79. The molecule has 0 N–H and O–H groups in total. The zero-order valence-electron chi connectivity index (χ0n) is 12.8. The lowest BCUT2D eigenvalue weighted by Gasteiger charge is -2.31. The number of hydrogen-bond donors (Lipinski definition) is 0. The highest BCUT2D eigenvalue weighted by atomic mass is 16.5. The van der Waals surface area contributed by atoms with E-state index in [1.807, 2.05) is 17.8 Å². The Bertz CT molecular complexity index is 655. The van der Waals surface area contributed by atoms with Gasteiger partial charge in [0.1, 0.15) is 5.69 Å². The van der Waals surface area contributed by atoms with Gasteiger partial charge in [0.15, 0.2) is 0 Å². The van der Waals surface area contributed by atoms with Crippen molar-refractivity contribution in [2.45, 2.75) is 25.9 Å². The van der Waals surface area contributed by atoms with E-state index in [0.717, 1.165) is 17.8 Å². The summed E-state index contributed by atoms with van der Waals surface area (Å²) in [6.07, 6.45) is 6.60. The van der Waals surface area contributed by atoms with Crippen LogP contribution in [0.25, 0.3) is 0 Å². The summed E-state index contributed by atoms with van der Waals surface area (Å²) >= 11 is 0. The first-order valence-electron chi connectivity index (χ1n) is 7.33. The molecule has 0 aromatic carbocycles. The van der Waals surface area contributed by atoms with E-state index in [9.17, 15) is 4.79 Å². The van der Waals surface area contributed by atoms with Crippen molar-refractivity contribution >= 4 is 5.91 Å². The SMILES string of the molecule is CCn1cc2c(n1)[C@@H](COC)CN(C(=O)c1cnccn1)C2. The summed E-state index contributed by atoms with van der Waals surface area (Å²) in [5.41, 5.74) is 2.48. The molecule has 1 aliphatic rings. The minimum absolute atomic E-state index is 0.0853. The quantitative estimate of drug-likeness (QED) is 0.845. The van der Waals surface area contributed by atoms with E-state index in [1.54, 1.807) is 18.2 Å². The lowest BCUT2D eigenvalue weighted by Crippen LogP contribution is -2.39. The number of nitrogens with zero attached hydrogens (tertiary/aromatic N) is 5. The average Bonchev–Trinajstić information content (AvgIpc) is 2.98. The molecule has 2 aromatic rings. The molecule has 0 radical (unpaired) electrons. The summed E-state index contributed by atoms with van der Waals surface area (Å²) in [6, 6.07) is 0. The number of carbonyl (C=O) groups excluding carboxylic acids is 1. The van der Waals surface area contributed by atoms with Crippen molar-refractivity contribution in [1.29, 1.82) is 0 Å². The Kier molecular flexibility index (Phi) is 4.15. The van der Waals surface area contributed by atoms with Crippen LogP contribution in [0, 0.1) is 0 Å². The molecule has 0 spiro atoms. The molecule has 0 unspecified atom stereocenters. The van der Waals surface area contributed by atoms with Crippen molar-refractivity contribution in [3.8, 4) is 0 Å². The minimum Gasteiger partial charge on any atom is -0.384 e. The Morgan fingerprint density at radius 3 is 3.00 bits per heavy atom. The van der Waals surface area contributed by atoms with Crippen LogP contribution in [0.2, 0.25) is 0 Å². The van der Waals surface area contributed by atoms with Crippen molar-refractivity contribution in [1.82, 2.24) is 24.6 Å². The van der Waals surface area contributed by atoms with Gasteiger partial charge in [-0.2, -0.15) is 5.10 Å². The van der Waals surface area contributed by atoms with E-state index >= 15 is 0 Å². The fourth-order valence-corrected chi connectivity index (χ4v) is 2.79. The molecule has 0 bridgehead atoms. The lowest BCUT2D eigenvalue weighted by molar-refractivity contribution is 0.0672. The number of aryl methyl sites for hydroxylation is 1. The van der Waals surface area contributed by atoms with Crippen LogP contribution in [0.5, 0.6) is 0 Å². The van der Waals surface area contributed by atoms with Crippen molar-refractivity contribution in [2.75, 3.05) is 20.3 Å². The Hall–Kier alpha value is -2.28. The number of ether oxygens (including phenoxy) is 1. The maximum atomic E-state index is 12.6. The Balaban J connectivity index is 1.88. The zero-order chi connectivity index (χ0) is 15.5. The lowest BCUT2D eigenvalue weighted by atomic mass is 9.97. The number of aromatic nitrogens is 4. The zero-order valence-corrected chi connectivity index (χ0v) is 12.8. The van der Waals surface area contributed by atoms with E-state index in [4.69, 9.17) is 4.74 Å². The largest absolute Gasteiger partial charge is 0.384 e. The summed E-state index contributed by atoms with van der Waals surface area (Å²) < 4.78 is 7.21. The standard InChI is InChI=1S/C15H19N5O2/c1-3-20-9-11-7-19(8-12(10-22-2)14(11)18-20)15(21)13-6-16-4-5-17-13/h4-6,9,12H,3,7-8,10H2,1-2H3/t12-/m1/s1. The molecule has 3 rings (SSSR count). The Labute approximate surface area is 128 Å². The fraction of sp³-hybridized carbons (Fsp3) is 0.467. The van der Waals surface area contributed by atoms with Gasteiger partial charge in [0.05, 0.1) is 18.5 Å². The van der Waals surface area contributed by atoms with Crippen LogP contribution >= 0.6 is 0 Å². The molecule has 116 valence electrons. The van der Waals surface area contributed by atoms with Crippen LogP contribution in [-0.4, -0.2) is 50.8 Å². The van der Waals surface area contributed by atoms with Gasteiger partial charge in [-0.3, -0.25) is 14.5 Å². The van der Waals surface area contributed by atoms with E-state index < -0.39 is 0 Å². The summed E-state index contributed by atoms with van der Waals surface area (Å²) in [5, 5.41) is 4.61. The Morgan fingerprint density at radius 1 is 1.45 bits per heavy atom. The van der Waals surface area contributed by atoms with Crippen molar-refractivity contribution in [2.24, 2.45) is 0 Å². The first-order valence-corrected chi connectivity index (χ1v) is 7.33. The number of hydrogen-bond acceptors (Lipinski definition) is 5. The van der Waals surface area contributed by atoms with Gasteiger partial charge in [0.2, 0.25) is 0 Å². The smallest absolute Gasteiger partial charge is 0.274 e. The van der Waals surface area contributed by atoms with Gasteiger partial charge >= 0.3 is 0 Å². The van der Waals surface area contributed by atoms with E-state index in [0.29, 0.717) is 25.4 Å². The highest BCUT2D eigenvalue weighted by Crippen LogP contribution is 2.28. The highest BCUT2D eigenvalue weighted by molar-refractivity contribution is 5.92. The van der Waals surface area contributed by atoms with Crippen LogP contribution in [-0.2, 0) is 17.8 Å². The second-order valence-corrected chi connectivity index (χ2v) is 5.32. The maximum absolute atomic E-state index is 12.6. The molecule has 1 atom stereocenters. The average molecular weight is 301 g/mol. The van der Waals surface area contributed by atoms with Gasteiger partial charge in [-0.25, -0.2) is 4.98 Å². The molecule has 7 nitrogen and oxygen atoms in total. The van der Waals surface area contributed by atoms with Crippen LogP contribution in [0.3, 0.4) is 0 Å². The number of methoxy groups -OCH3 is 1. The molecule has 0 aliphatic carbocycles. The molecule has 0 fully saturated rings. The minimum atomic E-state index is -0.107. The van der Waals surface area contributed by atoms with Crippen LogP contribution in [0.1, 0.15) is 34.6 Å². The van der Waals surface area contributed by atoms with Crippen molar-refractivity contribution in [3.05, 3.63) is 41.7 Å². The summed E-state index contributed by atoms with van der Waals surface area (Å²) in [6.45, 7) is 4.52. The van der Waals surface area contributed by atoms with Gasteiger partial charge in [0.25, 0.3) is 5.91 Å². The third-order valence-electron chi connectivity index (χ3n) is 3.82. The topological polar surface area (TPSA) is 73.1 Å². The first-order chi connectivity index (χ1) is 10.7. The third-order valence-corrected chi connectivity index (χ3v) is 3.82. The first kappa shape index (κ1) is 14.6. The summed E-state index contributed by atoms with van der Waals surface area (Å²) in [5.74, 6) is -0.0220. The molecule has 0 saturated heterocycles. The molecule has 22 heavy (non-hydrogen) atoms. The monoisotopic (exact) mass is 301 g/mol.